The lowest BCUT2D eigenvalue weighted by Crippen LogP contribution is -2.32. The standard InChI is InChI=1S/C12H23N3OS/c1-4-7-10-14-11(17-15-10)13-8-12(5-2,6-3)9-16/h16H,4-9H2,1-3H3,(H,13,14,15). The van der Waals surface area contributed by atoms with Gasteiger partial charge in [-0.05, 0) is 19.3 Å². The van der Waals surface area contributed by atoms with E-state index < -0.39 is 0 Å². The van der Waals surface area contributed by atoms with Crippen LogP contribution in [0.15, 0.2) is 0 Å². The number of aliphatic hydroxyl groups excluding tert-OH is 1. The Balaban J connectivity index is 2.53. The summed E-state index contributed by atoms with van der Waals surface area (Å²) in [5, 5.41) is 13.6. The molecule has 2 N–H and O–H groups in total. The topological polar surface area (TPSA) is 58.0 Å². The molecule has 98 valence electrons. The summed E-state index contributed by atoms with van der Waals surface area (Å²) in [6.07, 6.45) is 3.94. The van der Waals surface area contributed by atoms with Crippen molar-refractivity contribution in [1.29, 1.82) is 0 Å². The molecule has 17 heavy (non-hydrogen) atoms. The van der Waals surface area contributed by atoms with Crippen LogP contribution >= 0.6 is 11.5 Å². The summed E-state index contributed by atoms with van der Waals surface area (Å²) in [6.45, 7) is 7.33. The van der Waals surface area contributed by atoms with Gasteiger partial charge in [-0.1, -0.05) is 20.8 Å². The van der Waals surface area contributed by atoms with Gasteiger partial charge in [-0.2, -0.15) is 4.37 Å². The second-order valence-electron chi connectivity index (χ2n) is 4.48. The van der Waals surface area contributed by atoms with Crippen LogP contribution in [0.1, 0.15) is 45.9 Å². The van der Waals surface area contributed by atoms with Gasteiger partial charge in [0.2, 0.25) is 5.13 Å². The van der Waals surface area contributed by atoms with Crippen molar-refractivity contribution >= 4 is 16.7 Å². The number of nitrogens with one attached hydrogen (secondary N) is 1. The zero-order valence-electron chi connectivity index (χ0n) is 11.0. The minimum absolute atomic E-state index is 0.0312. The van der Waals surface area contributed by atoms with E-state index in [1.807, 2.05) is 0 Å². The summed E-state index contributed by atoms with van der Waals surface area (Å²) < 4.78 is 4.29. The first-order chi connectivity index (χ1) is 8.19. The van der Waals surface area contributed by atoms with Gasteiger partial charge in [0.1, 0.15) is 5.82 Å². The molecular weight excluding hydrogens is 234 g/mol. The van der Waals surface area contributed by atoms with E-state index in [0.29, 0.717) is 0 Å². The summed E-state index contributed by atoms with van der Waals surface area (Å²) >= 11 is 1.41. The van der Waals surface area contributed by atoms with Gasteiger partial charge in [-0.25, -0.2) is 4.98 Å². The number of anilines is 1. The number of aryl methyl sites for hydroxylation is 1. The minimum Gasteiger partial charge on any atom is -0.396 e. The first-order valence-electron chi connectivity index (χ1n) is 6.37. The van der Waals surface area contributed by atoms with E-state index in [1.165, 1.54) is 11.5 Å². The molecule has 1 aromatic rings. The maximum Gasteiger partial charge on any atom is 0.202 e. The van der Waals surface area contributed by atoms with Crippen LogP contribution in [0.2, 0.25) is 0 Å². The lowest BCUT2D eigenvalue weighted by molar-refractivity contribution is 0.127. The lowest BCUT2D eigenvalue weighted by Gasteiger charge is -2.29. The molecule has 0 unspecified atom stereocenters. The molecule has 0 bridgehead atoms. The third-order valence-electron chi connectivity index (χ3n) is 3.39. The van der Waals surface area contributed by atoms with Crippen molar-refractivity contribution in [2.75, 3.05) is 18.5 Å². The van der Waals surface area contributed by atoms with Crippen LogP contribution < -0.4 is 5.32 Å². The average Bonchev–Trinajstić information content (AvgIpc) is 2.80. The highest BCUT2D eigenvalue weighted by Gasteiger charge is 2.25. The fourth-order valence-corrected chi connectivity index (χ4v) is 2.30. The Morgan fingerprint density at radius 3 is 2.53 bits per heavy atom. The van der Waals surface area contributed by atoms with E-state index in [1.54, 1.807) is 0 Å². The Morgan fingerprint density at radius 2 is 2.00 bits per heavy atom. The molecule has 0 saturated carbocycles. The predicted molar refractivity (Wildman–Crippen MR) is 72.5 cm³/mol. The van der Waals surface area contributed by atoms with Crippen molar-refractivity contribution in [3.63, 3.8) is 0 Å². The molecule has 0 fully saturated rings. The number of nitrogens with zero attached hydrogens (tertiary/aromatic N) is 2. The van der Waals surface area contributed by atoms with Crippen LogP contribution in [0.25, 0.3) is 0 Å². The Kier molecular flexibility index (Phi) is 5.85. The molecule has 5 heteroatoms. The highest BCUT2D eigenvalue weighted by Crippen LogP contribution is 2.26. The maximum atomic E-state index is 9.47. The summed E-state index contributed by atoms with van der Waals surface area (Å²) in [5.74, 6) is 0.919. The Labute approximate surface area is 108 Å². The Bertz CT molecular complexity index is 315. The third-order valence-corrected chi connectivity index (χ3v) is 4.10. The van der Waals surface area contributed by atoms with Gasteiger partial charge in [0.05, 0.1) is 6.61 Å². The minimum atomic E-state index is -0.0312. The van der Waals surface area contributed by atoms with E-state index in [9.17, 15) is 5.11 Å². The first-order valence-corrected chi connectivity index (χ1v) is 7.14. The molecule has 0 aliphatic heterocycles. The molecule has 0 spiro atoms. The first kappa shape index (κ1) is 14.4. The summed E-state index contributed by atoms with van der Waals surface area (Å²) in [7, 11) is 0. The molecule has 1 rings (SSSR count). The normalized spacial score (nSPS) is 11.8. The lowest BCUT2D eigenvalue weighted by atomic mass is 9.83. The van der Waals surface area contributed by atoms with Gasteiger partial charge in [-0.15, -0.1) is 0 Å². The van der Waals surface area contributed by atoms with Crippen molar-refractivity contribution in [1.82, 2.24) is 9.36 Å². The largest absolute Gasteiger partial charge is 0.396 e. The second kappa shape index (κ2) is 6.91. The molecule has 1 heterocycles. The zero-order valence-corrected chi connectivity index (χ0v) is 11.8. The highest BCUT2D eigenvalue weighted by atomic mass is 32.1. The van der Waals surface area contributed by atoms with Gasteiger partial charge < -0.3 is 10.4 Å². The van der Waals surface area contributed by atoms with Crippen molar-refractivity contribution in [3.8, 4) is 0 Å². The summed E-state index contributed by atoms with van der Waals surface area (Å²) in [5.41, 5.74) is -0.0312. The Hall–Kier alpha value is -0.680. The van der Waals surface area contributed by atoms with Gasteiger partial charge in [0, 0.05) is 29.9 Å². The van der Waals surface area contributed by atoms with Crippen molar-refractivity contribution in [2.24, 2.45) is 5.41 Å². The predicted octanol–water partition coefficient (Wildman–Crippen LogP) is 2.70. The van der Waals surface area contributed by atoms with Crippen molar-refractivity contribution in [3.05, 3.63) is 5.82 Å². The smallest absolute Gasteiger partial charge is 0.202 e. The molecule has 0 aliphatic carbocycles. The summed E-state index contributed by atoms with van der Waals surface area (Å²) in [4.78, 5) is 4.42. The molecule has 0 saturated heterocycles. The van der Waals surface area contributed by atoms with Crippen LogP contribution in [0.5, 0.6) is 0 Å². The van der Waals surface area contributed by atoms with Crippen LogP contribution in [-0.2, 0) is 6.42 Å². The molecule has 0 atom stereocenters. The van der Waals surface area contributed by atoms with E-state index in [-0.39, 0.29) is 12.0 Å². The van der Waals surface area contributed by atoms with Crippen LogP contribution in [-0.4, -0.2) is 27.6 Å². The van der Waals surface area contributed by atoms with Gasteiger partial charge in [-0.3, -0.25) is 0 Å². The molecular formula is C12H23N3OS. The molecule has 4 nitrogen and oxygen atoms in total. The molecule has 0 aromatic carbocycles. The number of rotatable bonds is 8. The monoisotopic (exact) mass is 257 g/mol. The van der Waals surface area contributed by atoms with Crippen molar-refractivity contribution in [2.45, 2.75) is 46.5 Å². The fraction of sp³-hybridized carbons (Fsp3) is 0.833. The van der Waals surface area contributed by atoms with E-state index in [0.717, 1.165) is 43.2 Å². The maximum absolute atomic E-state index is 9.47. The van der Waals surface area contributed by atoms with Gasteiger partial charge >= 0.3 is 0 Å². The summed E-state index contributed by atoms with van der Waals surface area (Å²) in [6, 6.07) is 0. The highest BCUT2D eigenvalue weighted by molar-refractivity contribution is 7.09. The van der Waals surface area contributed by atoms with Crippen LogP contribution in [0.3, 0.4) is 0 Å². The number of aliphatic hydroxyl groups is 1. The van der Waals surface area contributed by atoms with E-state index in [2.05, 4.69) is 35.4 Å². The quantitative estimate of drug-likeness (QED) is 0.752. The van der Waals surface area contributed by atoms with E-state index in [4.69, 9.17) is 0 Å². The SMILES string of the molecule is CCCc1nsc(NCC(CC)(CC)CO)n1. The molecule has 0 radical (unpaired) electrons. The van der Waals surface area contributed by atoms with Crippen LogP contribution in [0.4, 0.5) is 5.13 Å². The number of aromatic nitrogens is 2. The Morgan fingerprint density at radius 1 is 1.29 bits per heavy atom. The van der Waals surface area contributed by atoms with Gasteiger partial charge in [0.15, 0.2) is 0 Å². The third kappa shape index (κ3) is 3.92. The average molecular weight is 257 g/mol. The molecule has 1 aromatic heterocycles. The van der Waals surface area contributed by atoms with Crippen LogP contribution in [0, 0.1) is 5.41 Å². The molecule has 0 amide bonds. The number of hydrogen-bond donors (Lipinski definition) is 2. The fourth-order valence-electron chi connectivity index (χ4n) is 1.69. The van der Waals surface area contributed by atoms with E-state index >= 15 is 0 Å². The zero-order chi connectivity index (χ0) is 12.7. The second-order valence-corrected chi connectivity index (χ2v) is 5.24. The molecule has 0 aliphatic rings. The van der Waals surface area contributed by atoms with Crippen molar-refractivity contribution < 1.29 is 5.11 Å². The van der Waals surface area contributed by atoms with Gasteiger partial charge in [0.25, 0.3) is 0 Å². The number of hydrogen-bond acceptors (Lipinski definition) is 5.